The summed E-state index contributed by atoms with van der Waals surface area (Å²) in [5, 5.41) is 11.4. The van der Waals surface area contributed by atoms with Crippen molar-refractivity contribution in [3.05, 3.63) is 75.3 Å². The van der Waals surface area contributed by atoms with Crippen LogP contribution in [-0.2, 0) is 11.3 Å². The van der Waals surface area contributed by atoms with Crippen LogP contribution in [0.25, 0.3) is 5.70 Å². The van der Waals surface area contributed by atoms with Crippen molar-refractivity contribution in [3.8, 4) is 5.75 Å². The number of allylic oxidation sites excluding steroid dienone is 1. The summed E-state index contributed by atoms with van der Waals surface area (Å²) in [7, 11) is 1.40. The molecule has 1 aliphatic rings. The van der Waals surface area contributed by atoms with Crippen LogP contribution in [0.4, 0.5) is 5.69 Å². The number of benzene rings is 2. The van der Waals surface area contributed by atoms with Crippen LogP contribution in [0, 0.1) is 10.1 Å². The summed E-state index contributed by atoms with van der Waals surface area (Å²) in [5.41, 5.74) is 4.69. The maximum atomic E-state index is 12.0. The van der Waals surface area contributed by atoms with Crippen molar-refractivity contribution < 1.29 is 19.3 Å². The van der Waals surface area contributed by atoms with Gasteiger partial charge in [-0.3, -0.25) is 10.1 Å². The zero-order chi connectivity index (χ0) is 17.8. The third kappa shape index (κ3) is 3.30. The van der Waals surface area contributed by atoms with E-state index in [1.165, 1.54) is 13.2 Å². The van der Waals surface area contributed by atoms with Gasteiger partial charge in [0.1, 0.15) is 0 Å². The topological polar surface area (TPSA) is 90.7 Å². The smallest absolute Gasteiger partial charge is 0.362 e. The van der Waals surface area contributed by atoms with Gasteiger partial charge < -0.3 is 9.57 Å². The van der Waals surface area contributed by atoms with Crippen LogP contribution >= 0.6 is 0 Å². The molecule has 7 heteroatoms. The molecule has 0 bridgehead atoms. The summed E-state index contributed by atoms with van der Waals surface area (Å²) in [6.07, 6.45) is 2.95. The van der Waals surface area contributed by atoms with E-state index in [0.29, 0.717) is 35.2 Å². The van der Waals surface area contributed by atoms with Crippen LogP contribution in [0.15, 0.2) is 48.5 Å². The fraction of sp³-hybridized carbons (Fsp3) is 0.167. The minimum absolute atomic E-state index is 0.0539. The molecule has 0 spiro atoms. The van der Waals surface area contributed by atoms with Crippen LogP contribution in [0.2, 0.25) is 0 Å². The molecule has 0 aliphatic heterocycles. The SMILES string of the molecule is COc1ccc2c(c1[N+](=O)[O-])CCC=C2NOC(=O)c1ccccc1. The average Bonchev–Trinajstić information content (AvgIpc) is 2.65. The largest absolute Gasteiger partial charge is 0.490 e. The van der Waals surface area contributed by atoms with E-state index in [2.05, 4.69) is 5.48 Å². The zero-order valence-corrected chi connectivity index (χ0v) is 13.5. The summed E-state index contributed by atoms with van der Waals surface area (Å²) in [6.45, 7) is 0. The molecule has 25 heavy (non-hydrogen) atoms. The summed E-state index contributed by atoms with van der Waals surface area (Å²) in [4.78, 5) is 28.1. The van der Waals surface area contributed by atoms with Crippen LogP contribution in [-0.4, -0.2) is 18.0 Å². The van der Waals surface area contributed by atoms with Gasteiger partial charge in [0.2, 0.25) is 0 Å². The first kappa shape index (κ1) is 16.5. The number of fused-ring (bicyclic) bond motifs is 1. The Hall–Kier alpha value is -3.35. The molecule has 0 saturated heterocycles. The molecule has 0 heterocycles. The summed E-state index contributed by atoms with van der Waals surface area (Å²) < 4.78 is 5.10. The van der Waals surface area contributed by atoms with Crippen LogP contribution < -0.4 is 10.2 Å². The maximum absolute atomic E-state index is 12.0. The second kappa shape index (κ2) is 7.04. The van der Waals surface area contributed by atoms with Gasteiger partial charge >= 0.3 is 11.7 Å². The van der Waals surface area contributed by atoms with E-state index < -0.39 is 10.9 Å². The Morgan fingerprint density at radius 2 is 1.96 bits per heavy atom. The molecular formula is C18H16N2O5. The number of hydroxylamine groups is 1. The molecule has 0 radical (unpaired) electrons. The summed E-state index contributed by atoms with van der Waals surface area (Å²) in [6, 6.07) is 11.8. The molecule has 1 aliphatic carbocycles. The zero-order valence-electron chi connectivity index (χ0n) is 13.5. The molecule has 2 aromatic carbocycles. The Balaban J connectivity index is 1.84. The molecule has 3 rings (SSSR count). The van der Waals surface area contributed by atoms with E-state index in [9.17, 15) is 14.9 Å². The van der Waals surface area contributed by atoms with E-state index in [1.807, 2.05) is 6.08 Å². The Labute approximate surface area is 144 Å². The lowest BCUT2D eigenvalue weighted by Gasteiger charge is -2.19. The Morgan fingerprint density at radius 1 is 1.20 bits per heavy atom. The molecule has 0 atom stereocenters. The molecule has 1 N–H and O–H groups in total. The minimum Gasteiger partial charge on any atom is -0.490 e. The highest BCUT2D eigenvalue weighted by atomic mass is 16.7. The maximum Gasteiger partial charge on any atom is 0.362 e. The number of carbonyl (C=O) groups is 1. The second-order valence-electron chi connectivity index (χ2n) is 5.41. The standard InChI is InChI=1S/C18H16N2O5/c1-24-16-11-10-13-14(17(16)20(22)23)8-5-9-15(13)19-25-18(21)12-6-3-2-4-7-12/h2-4,6-7,9-11,19H,5,8H2,1H3. The molecular weight excluding hydrogens is 324 g/mol. The second-order valence-corrected chi connectivity index (χ2v) is 5.41. The predicted octanol–water partition coefficient (Wildman–Crippen LogP) is 3.25. The number of carbonyl (C=O) groups excluding carboxylic acids is 1. The van der Waals surface area contributed by atoms with Crippen molar-refractivity contribution in [2.75, 3.05) is 7.11 Å². The molecule has 7 nitrogen and oxygen atoms in total. The fourth-order valence-corrected chi connectivity index (χ4v) is 2.79. The number of nitro groups is 1. The Bertz CT molecular complexity index is 846. The first-order valence-electron chi connectivity index (χ1n) is 7.69. The van der Waals surface area contributed by atoms with E-state index in [1.54, 1.807) is 36.4 Å². The lowest BCUT2D eigenvalue weighted by molar-refractivity contribution is -0.386. The lowest BCUT2D eigenvalue weighted by atomic mass is 9.93. The van der Waals surface area contributed by atoms with Crippen molar-refractivity contribution in [2.45, 2.75) is 12.8 Å². The van der Waals surface area contributed by atoms with Crippen LogP contribution in [0.1, 0.15) is 27.9 Å². The van der Waals surface area contributed by atoms with E-state index >= 15 is 0 Å². The number of hydrogen-bond donors (Lipinski definition) is 1. The van der Waals surface area contributed by atoms with Gasteiger partial charge in [-0.2, -0.15) is 0 Å². The molecule has 0 aromatic heterocycles. The molecule has 0 unspecified atom stereocenters. The van der Waals surface area contributed by atoms with Gasteiger partial charge in [0.25, 0.3) is 0 Å². The van der Waals surface area contributed by atoms with Crippen LogP contribution in [0.5, 0.6) is 5.75 Å². The van der Waals surface area contributed by atoms with Gasteiger partial charge in [0.15, 0.2) is 5.75 Å². The molecule has 128 valence electrons. The van der Waals surface area contributed by atoms with E-state index in [0.717, 1.165) is 0 Å². The summed E-state index contributed by atoms with van der Waals surface area (Å²) >= 11 is 0. The molecule has 0 saturated carbocycles. The number of nitrogens with one attached hydrogen (secondary N) is 1. The highest BCUT2D eigenvalue weighted by Gasteiger charge is 2.27. The normalized spacial score (nSPS) is 12.6. The highest BCUT2D eigenvalue weighted by molar-refractivity contribution is 5.89. The van der Waals surface area contributed by atoms with Gasteiger partial charge in [0, 0.05) is 11.1 Å². The van der Waals surface area contributed by atoms with E-state index in [4.69, 9.17) is 9.57 Å². The average molecular weight is 340 g/mol. The number of hydrogen-bond acceptors (Lipinski definition) is 6. The van der Waals surface area contributed by atoms with Crippen molar-refractivity contribution in [3.63, 3.8) is 0 Å². The first-order chi connectivity index (χ1) is 12.1. The van der Waals surface area contributed by atoms with Gasteiger partial charge in [-0.05, 0) is 37.1 Å². The fourth-order valence-electron chi connectivity index (χ4n) is 2.79. The van der Waals surface area contributed by atoms with Crippen molar-refractivity contribution >= 4 is 17.4 Å². The lowest BCUT2D eigenvalue weighted by Crippen LogP contribution is -2.21. The third-order valence-corrected chi connectivity index (χ3v) is 3.94. The number of methoxy groups -OCH3 is 1. The number of rotatable bonds is 5. The first-order valence-corrected chi connectivity index (χ1v) is 7.69. The number of nitro benzene ring substituents is 1. The van der Waals surface area contributed by atoms with Gasteiger partial charge in [-0.1, -0.05) is 24.3 Å². The Morgan fingerprint density at radius 3 is 2.64 bits per heavy atom. The van der Waals surface area contributed by atoms with E-state index in [-0.39, 0.29) is 11.4 Å². The van der Waals surface area contributed by atoms with Crippen LogP contribution in [0.3, 0.4) is 0 Å². The van der Waals surface area contributed by atoms with Gasteiger partial charge in [0.05, 0.1) is 23.3 Å². The number of nitrogens with zero attached hydrogens (tertiary/aromatic N) is 1. The third-order valence-electron chi connectivity index (χ3n) is 3.94. The molecule has 0 fully saturated rings. The predicted molar refractivity (Wildman–Crippen MR) is 90.9 cm³/mol. The molecule has 0 amide bonds. The summed E-state index contributed by atoms with van der Waals surface area (Å²) in [5.74, 6) is -0.317. The minimum atomic E-state index is -0.531. The number of ether oxygens (including phenoxy) is 1. The monoisotopic (exact) mass is 340 g/mol. The van der Waals surface area contributed by atoms with Crippen molar-refractivity contribution in [1.29, 1.82) is 0 Å². The Kier molecular flexibility index (Phi) is 4.65. The van der Waals surface area contributed by atoms with Gasteiger partial charge in [-0.25, -0.2) is 10.3 Å². The van der Waals surface area contributed by atoms with Crippen molar-refractivity contribution in [1.82, 2.24) is 5.48 Å². The van der Waals surface area contributed by atoms with Crippen molar-refractivity contribution in [2.24, 2.45) is 0 Å². The quantitative estimate of drug-likeness (QED) is 0.664. The van der Waals surface area contributed by atoms with Gasteiger partial charge in [-0.15, -0.1) is 0 Å². The molecule has 2 aromatic rings. The highest BCUT2D eigenvalue weighted by Crippen LogP contribution is 2.38.